The van der Waals surface area contributed by atoms with Crippen molar-refractivity contribution in [2.75, 3.05) is 37.1 Å². The average Bonchev–Trinajstić information content (AvgIpc) is 2.91. The van der Waals surface area contributed by atoms with E-state index in [4.69, 9.17) is 4.74 Å². The number of ether oxygens (including phenoxy) is 1. The van der Waals surface area contributed by atoms with Crippen LogP contribution in [0, 0.1) is 13.8 Å². The third kappa shape index (κ3) is 5.02. The molecule has 1 aromatic carbocycles. The Morgan fingerprint density at radius 3 is 2.56 bits per heavy atom. The number of rotatable bonds is 5. The standard InChI is InChI=1S/C17H24N2O5S/c1-12-4-5-14(10-13(12)2)18-16(20)17(21)19(7-8-24-3)15-6-9-25(22,23)11-15/h4-5,10,15H,6-9,11H2,1-3H3,(H,18,20). The summed E-state index contributed by atoms with van der Waals surface area (Å²) < 4.78 is 28.4. The molecule has 8 heteroatoms. The Bertz CT molecular complexity index is 760. The van der Waals surface area contributed by atoms with E-state index in [2.05, 4.69) is 5.32 Å². The van der Waals surface area contributed by atoms with Crippen molar-refractivity contribution in [1.29, 1.82) is 0 Å². The van der Waals surface area contributed by atoms with Gasteiger partial charge in [-0.15, -0.1) is 0 Å². The lowest BCUT2D eigenvalue weighted by Gasteiger charge is -2.27. The van der Waals surface area contributed by atoms with Gasteiger partial charge in [0, 0.05) is 25.4 Å². The van der Waals surface area contributed by atoms with Gasteiger partial charge in [0.25, 0.3) is 0 Å². The Hall–Kier alpha value is -1.93. The van der Waals surface area contributed by atoms with Gasteiger partial charge in [-0.25, -0.2) is 8.42 Å². The predicted octanol–water partition coefficient (Wildman–Crippen LogP) is 0.904. The molecule has 0 aromatic heterocycles. The molecule has 1 atom stereocenters. The lowest BCUT2D eigenvalue weighted by Crippen LogP contribution is -2.47. The number of benzene rings is 1. The summed E-state index contributed by atoms with van der Waals surface area (Å²) >= 11 is 0. The van der Waals surface area contributed by atoms with Crippen molar-refractivity contribution >= 4 is 27.3 Å². The topological polar surface area (TPSA) is 92.8 Å². The van der Waals surface area contributed by atoms with Crippen LogP contribution in [0.5, 0.6) is 0 Å². The molecule has 1 fully saturated rings. The zero-order chi connectivity index (χ0) is 18.6. The van der Waals surface area contributed by atoms with Crippen LogP contribution in [-0.4, -0.2) is 62.9 Å². The van der Waals surface area contributed by atoms with Gasteiger partial charge in [0.15, 0.2) is 9.84 Å². The first-order chi connectivity index (χ1) is 11.7. The Labute approximate surface area is 148 Å². The number of methoxy groups -OCH3 is 1. The van der Waals surface area contributed by atoms with Crippen LogP contribution in [-0.2, 0) is 24.2 Å². The molecular weight excluding hydrogens is 344 g/mol. The molecule has 2 rings (SSSR count). The number of sulfone groups is 1. The van der Waals surface area contributed by atoms with Gasteiger partial charge in [-0.1, -0.05) is 6.07 Å². The second-order valence-electron chi connectivity index (χ2n) is 6.30. The molecule has 2 amide bonds. The normalized spacial score (nSPS) is 18.8. The highest BCUT2D eigenvalue weighted by Crippen LogP contribution is 2.19. The minimum atomic E-state index is -3.16. The second-order valence-corrected chi connectivity index (χ2v) is 8.53. The SMILES string of the molecule is COCCN(C(=O)C(=O)Nc1ccc(C)c(C)c1)C1CCS(=O)(=O)C1. The molecule has 1 N–H and O–H groups in total. The summed E-state index contributed by atoms with van der Waals surface area (Å²) in [6.07, 6.45) is 0.342. The van der Waals surface area contributed by atoms with E-state index >= 15 is 0 Å². The van der Waals surface area contributed by atoms with Crippen molar-refractivity contribution in [3.8, 4) is 0 Å². The van der Waals surface area contributed by atoms with E-state index in [0.29, 0.717) is 12.1 Å². The minimum Gasteiger partial charge on any atom is -0.383 e. The van der Waals surface area contributed by atoms with Crippen molar-refractivity contribution in [1.82, 2.24) is 4.90 Å². The Morgan fingerprint density at radius 1 is 1.28 bits per heavy atom. The molecule has 7 nitrogen and oxygen atoms in total. The Balaban J connectivity index is 2.11. The van der Waals surface area contributed by atoms with Crippen LogP contribution in [0.15, 0.2) is 18.2 Å². The monoisotopic (exact) mass is 368 g/mol. The second kappa shape index (κ2) is 7.97. The lowest BCUT2D eigenvalue weighted by molar-refractivity contribution is -0.144. The molecule has 1 aromatic rings. The van der Waals surface area contributed by atoms with Gasteiger partial charge >= 0.3 is 11.8 Å². The number of hydrogen-bond acceptors (Lipinski definition) is 5. The van der Waals surface area contributed by atoms with Crippen LogP contribution in [0.4, 0.5) is 5.69 Å². The summed E-state index contributed by atoms with van der Waals surface area (Å²) in [4.78, 5) is 26.2. The van der Waals surface area contributed by atoms with Gasteiger partial charge in [0.2, 0.25) is 0 Å². The summed E-state index contributed by atoms with van der Waals surface area (Å²) in [5, 5.41) is 2.59. The van der Waals surface area contributed by atoms with E-state index in [1.54, 1.807) is 12.1 Å². The number of hydrogen-bond donors (Lipinski definition) is 1. The molecule has 0 spiro atoms. The van der Waals surface area contributed by atoms with Gasteiger partial charge in [-0.05, 0) is 43.5 Å². The first-order valence-electron chi connectivity index (χ1n) is 8.12. The smallest absolute Gasteiger partial charge is 0.313 e. The van der Waals surface area contributed by atoms with Crippen molar-refractivity contribution in [2.45, 2.75) is 26.3 Å². The van der Waals surface area contributed by atoms with E-state index in [0.717, 1.165) is 11.1 Å². The van der Waals surface area contributed by atoms with E-state index in [1.807, 2.05) is 19.9 Å². The number of anilines is 1. The lowest BCUT2D eigenvalue weighted by atomic mass is 10.1. The first kappa shape index (κ1) is 19.4. The molecular formula is C17H24N2O5S. The fourth-order valence-corrected chi connectivity index (χ4v) is 4.53. The summed E-state index contributed by atoms with van der Waals surface area (Å²) in [5.74, 6) is -1.59. The molecule has 1 heterocycles. The molecule has 1 unspecified atom stereocenters. The molecule has 25 heavy (non-hydrogen) atoms. The molecule has 1 aliphatic heterocycles. The van der Waals surface area contributed by atoms with Crippen LogP contribution in [0.1, 0.15) is 17.5 Å². The van der Waals surface area contributed by atoms with Gasteiger partial charge in [0.1, 0.15) is 0 Å². The Morgan fingerprint density at radius 2 is 2.00 bits per heavy atom. The Kier molecular flexibility index (Phi) is 6.18. The third-order valence-corrected chi connectivity index (χ3v) is 6.16. The molecule has 1 saturated heterocycles. The van der Waals surface area contributed by atoms with Crippen LogP contribution in [0.3, 0.4) is 0 Å². The van der Waals surface area contributed by atoms with Crippen molar-refractivity contribution < 1.29 is 22.7 Å². The summed E-state index contributed by atoms with van der Waals surface area (Å²) in [6.45, 7) is 4.29. The summed E-state index contributed by atoms with van der Waals surface area (Å²) in [5.41, 5.74) is 2.62. The third-order valence-electron chi connectivity index (χ3n) is 4.41. The number of amides is 2. The fourth-order valence-electron chi connectivity index (χ4n) is 2.79. The highest BCUT2D eigenvalue weighted by Gasteiger charge is 2.36. The minimum absolute atomic E-state index is 0.0349. The summed E-state index contributed by atoms with van der Waals surface area (Å²) in [7, 11) is -1.67. The van der Waals surface area contributed by atoms with Crippen LogP contribution in [0.25, 0.3) is 0 Å². The van der Waals surface area contributed by atoms with Crippen molar-refractivity contribution in [2.24, 2.45) is 0 Å². The van der Waals surface area contributed by atoms with Gasteiger partial charge < -0.3 is 15.0 Å². The van der Waals surface area contributed by atoms with Crippen LogP contribution >= 0.6 is 0 Å². The maximum Gasteiger partial charge on any atom is 0.313 e. The molecule has 1 aliphatic rings. The maximum atomic E-state index is 12.6. The zero-order valence-corrected chi connectivity index (χ0v) is 15.6. The number of carbonyl (C=O) groups is 2. The number of nitrogens with one attached hydrogen (secondary N) is 1. The zero-order valence-electron chi connectivity index (χ0n) is 14.7. The molecule has 0 saturated carbocycles. The molecule has 138 valence electrons. The van der Waals surface area contributed by atoms with Gasteiger partial charge in [0.05, 0.1) is 18.1 Å². The average molecular weight is 368 g/mol. The van der Waals surface area contributed by atoms with Crippen molar-refractivity contribution in [3.05, 3.63) is 29.3 Å². The molecule has 0 bridgehead atoms. The van der Waals surface area contributed by atoms with E-state index < -0.39 is 27.7 Å². The quantitative estimate of drug-likeness (QED) is 0.780. The fraction of sp³-hybridized carbons (Fsp3) is 0.529. The largest absolute Gasteiger partial charge is 0.383 e. The number of carbonyl (C=O) groups excluding carboxylic acids is 2. The number of nitrogens with zero attached hydrogens (tertiary/aromatic N) is 1. The predicted molar refractivity (Wildman–Crippen MR) is 95.2 cm³/mol. The van der Waals surface area contributed by atoms with E-state index in [9.17, 15) is 18.0 Å². The van der Waals surface area contributed by atoms with E-state index in [1.165, 1.54) is 12.0 Å². The van der Waals surface area contributed by atoms with Crippen LogP contribution < -0.4 is 5.32 Å². The molecule has 0 aliphatic carbocycles. The number of aryl methyl sites for hydroxylation is 2. The highest BCUT2D eigenvalue weighted by molar-refractivity contribution is 7.91. The van der Waals surface area contributed by atoms with Gasteiger partial charge in [-0.2, -0.15) is 0 Å². The van der Waals surface area contributed by atoms with Crippen LogP contribution in [0.2, 0.25) is 0 Å². The van der Waals surface area contributed by atoms with Gasteiger partial charge in [-0.3, -0.25) is 9.59 Å². The first-order valence-corrected chi connectivity index (χ1v) is 9.94. The van der Waals surface area contributed by atoms with E-state index in [-0.39, 0.29) is 24.7 Å². The van der Waals surface area contributed by atoms with Crippen molar-refractivity contribution in [3.63, 3.8) is 0 Å². The maximum absolute atomic E-state index is 12.6. The summed E-state index contributed by atoms with van der Waals surface area (Å²) in [6, 6.07) is 4.90. The molecule has 0 radical (unpaired) electrons. The highest BCUT2D eigenvalue weighted by atomic mass is 32.2.